The molecule has 0 aliphatic rings. The van der Waals surface area contributed by atoms with Crippen molar-refractivity contribution in [2.24, 2.45) is 0 Å². The normalized spacial score (nSPS) is 12.1. The van der Waals surface area contributed by atoms with Gasteiger partial charge in [-0.2, -0.15) is 19.8 Å². The number of pyridine rings is 1. The van der Waals surface area contributed by atoms with Crippen molar-refractivity contribution < 1.29 is 13.0 Å². The molecule has 7 heteroatoms. The van der Waals surface area contributed by atoms with Gasteiger partial charge in [-0.3, -0.25) is 4.55 Å². The predicted octanol–water partition coefficient (Wildman–Crippen LogP) is 2.76. The Balaban J connectivity index is 2.13. The Morgan fingerprint density at radius 3 is 2.80 bits per heavy atom. The lowest BCUT2D eigenvalue weighted by molar-refractivity contribution is 0.481. The highest BCUT2D eigenvalue weighted by Gasteiger charge is 2.13. The summed E-state index contributed by atoms with van der Waals surface area (Å²) in [5, 5.41) is 4.07. The minimum atomic E-state index is -4.07. The number of aromatic nitrogens is 2. The number of aryl methyl sites for hydroxylation is 1. The second-order valence-corrected chi connectivity index (χ2v) is 6.76. The van der Waals surface area contributed by atoms with Crippen LogP contribution < -0.4 is 0 Å². The number of thiophene rings is 1. The van der Waals surface area contributed by atoms with Crippen LogP contribution in [0.15, 0.2) is 35.2 Å². The van der Waals surface area contributed by atoms with E-state index in [-0.39, 0.29) is 0 Å². The SMILES string of the molecule is Cc1c(-c2ccsc2)ccc2nc(CS(=O)(=O)O)cn12. The minimum Gasteiger partial charge on any atom is -0.303 e. The second kappa shape index (κ2) is 4.69. The lowest BCUT2D eigenvalue weighted by Gasteiger charge is -2.06. The van der Waals surface area contributed by atoms with Gasteiger partial charge in [0.15, 0.2) is 0 Å². The standard InChI is InChI=1S/C13H12N2O3S2/c1-9-12(10-4-5-19-7-10)2-3-13-14-11(6-15(9)13)8-20(16,17)18/h2-7H,8H2,1H3,(H,16,17,18). The Morgan fingerprint density at radius 2 is 2.15 bits per heavy atom. The van der Waals surface area contributed by atoms with Crippen LogP contribution >= 0.6 is 11.3 Å². The fourth-order valence-electron chi connectivity index (χ4n) is 2.22. The Labute approximate surface area is 120 Å². The maximum Gasteiger partial charge on any atom is 0.270 e. The summed E-state index contributed by atoms with van der Waals surface area (Å²) in [6.07, 6.45) is 1.65. The molecule has 3 aromatic rings. The van der Waals surface area contributed by atoms with Crippen LogP contribution in [-0.4, -0.2) is 22.4 Å². The zero-order valence-corrected chi connectivity index (χ0v) is 12.3. The fraction of sp³-hybridized carbons (Fsp3) is 0.154. The molecule has 5 nitrogen and oxygen atoms in total. The lowest BCUT2D eigenvalue weighted by atomic mass is 10.1. The van der Waals surface area contributed by atoms with E-state index in [0.717, 1.165) is 16.8 Å². The molecule has 0 unspecified atom stereocenters. The van der Waals surface area contributed by atoms with Crippen molar-refractivity contribution in [1.82, 2.24) is 9.38 Å². The van der Waals surface area contributed by atoms with E-state index in [4.69, 9.17) is 4.55 Å². The highest BCUT2D eigenvalue weighted by atomic mass is 32.2. The van der Waals surface area contributed by atoms with Gasteiger partial charge in [-0.05, 0) is 41.4 Å². The quantitative estimate of drug-likeness (QED) is 0.755. The third kappa shape index (κ3) is 2.47. The molecule has 0 radical (unpaired) electrons. The molecular weight excluding hydrogens is 296 g/mol. The monoisotopic (exact) mass is 308 g/mol. The molecule has 0 atom stereocenters. The average Bonchev–Trinajstić information content (AvgIpc) is 2.96. The molecule has 0 aliphatic carbocycles. The summed E-state index contributed by atoms with van der Waals surface area (Å²) in [5.41, 5.74) is 4.18. The molecule has 0 saturated carbocycles. The lowest BCUT2D eigenvalue weighted by Crippen LogP contribution is -2.01. The molecule has 0 spiro atoms. The zero-order chi connectivity index (χ0) is 14.3. The Kier molecular flexibility index (Phi) is 3.12. The van der Waals surface area contributed by atoms with E-state index in [1.165, 1.54) is 0 Å². The van der Waals surface area contributed by atoms with Crippen molar-refractivity contribution in [1.29, 1.82) is 0 Å². The van der Waals surface area contributed by atoms with Gasteiger partial charge < -0.3 is 4.40 Å². The van der Waals surface area contributed by atoms with Crippen molar-refractivity contribution in [2.45, 2.75) is 12.7 Å². The van der Waals surface area contributed by atoms with E-state index < -0.39 is 15.9 Å². The topological polar surface area (TPSA) is 71.7 Å². The molecule has 0 bridgehead atoms. The van der Waals surface area contributed by atoms with Gasteiger partial charge in [0.1, 0.15) is 11.4 Å². The largest absolute Gasteiger partial charge is 0.303 e. The maximum atomic E-state index is 10.9. The van der Waals surface area contributed by atoms with Crippen LogP contribution in [-0.2, 0) is 15.9 Å². The average molecular weight is 308 g/mol. The van der Waals surface area contributed by atoms with Crippen LogP contribution in [0.5, 0.6) is 0 Å². The first-order valence-electron chi connectivity index (χ1n) is 5.89. The molecule has 104 valence electrons. The van der Waals surface area contributed by atoms with Crippen LogP contribution in [0.2, 0.25) is 0 Å². The van der Waals surface area contributed by atoms with Crippen LogP contribution in [0.3, 0.4) is 0 Å². The van der Waals surface area contributed by atoms with Crippen LogP contribution in [0.25, 0.3) is 16.8 Å². The van der Waals surface area contributed by atoms with Crippen LogP contribution in [0, 0.1) is 6.92 Å². The molecule has 3 rings (SSSR count). The Hall–Kier alpha value is -1.70. The number of imidazole rings is 1. The van der Waals surface area contributed by atoms with Crippen molar-refractivity contribution in [3.63, 3.8) is 0 Å². The summed E-state index contributed by atoms with van der Waals surface area (Å²) >= 11 is 1.62. The summed E-state index contributed by atoms with van der Waals surface area (Å²) in [6.45, 7) is 1.96. The van der Waals surface area contributed by atoms with E-state index in [0.29, 0.717) is 11.3 Å². The van der Waals surface area contributed by atoms with E-state index in [9.17, 15) is 8.42 Å². The van der Waals surface area contributed by atoms with Crippen LogP contribution in [0.4, 0.5) is 0 Å². The van der Waals surface area contributed by atoms with Gasteiger partial charge >= 0.3 is 0 Å². The first-order chi connectivity index (χ1) is 9.44. The number of rotatable bonds is 3. The summed E-state index contributed by atoms with van der Waals surface area (Å²) in [4.78, 5) is 4.21. The molecular formula is C13H12N2O3S2. The Morgan fingerprint density at radius 1 is 1.35 bits per heavy atom. The summed E-state index contributed by atoms with van der Waals surface area (Å²) < 4.78 is 32.6. The van der Waals surface area contributed by atoms with Gasteiger partial charge in [0.05, 0.1) is 5.69 Å². The molecule has 0 fully saturated rings. The first kappa shape index (κ1) is 13.3. The van der Waals surface area contributed by atoms with Gasteiger partial charge in [-0.25, -0.2) is 4.98 Å². The molecule has 1 N–H and O–H groups in total. The molecule has 3 heterocycles. The highest BCUT2D eigenvalue weighted by molar-refractivity contribution is 7.85. The molecule has 0 amide bonds. The van der Waals surface area contributed by atoms with Gasteiger partial charge in [0, 0.05) is 17.5 Å². The van der Waals surface area contributed by atoms with E-state index in [1.54, 1.807) is 17.5 Å². The third-order valence-corrected chi connectivity index (χ3v) is 4.44. The summed E-state index contributed by atoms with van der Waals surface area (Å²) in [7, 11) is -4.07. The van der Waals surface area contributed by atoms with Crippen molar-refractivity contribution in [3.8, 4) is 11.1 Å². The second-order valence-electron chi connectivity index (χ2n) is 4.53. The van der Waals surface area contributed by atoms with Crippen molar-refractivity contribution >= 4 is 27.1 Å². The molecule has 3 aromatic heterocycles. The first-order valence-corrected chi connectivity index (χ1v) is 8.44. The third-order valence-electron chi connectivity index (χ3n) is 3.10. The fourth-order valence-corrected chi connectivity index (χ4v) is 3.39. The van der Waals surface area contributed by atoms with Gasteiger partial charge in [-0.1, -0.05) is 0 Å². The predicted molar refractivity (Wildman–Crippen MR) is 78.5 cm³/mol. The van der Waals surface area contributed by atoms with E-state index in [2.05, 4.69) is 10.4 Å². The minimum absolute atomic E-state index is 0.332. The zero-order valence-electron chi connectivity index (χ0n) is 10.6. The van der Waals surface area contributed by atoms with Crippen LogP contribution in [0.1, 0.15) is 11.4 Å². The molecule has 0 aliphatic heterocycles. The molecule has 20 heavy (non-hydrogen) atoms. The number of nitrogens with zero attached hydrogens (tertiary/aromatic N) is 2. The van der Waals surface area contributed by atoms with Crippen molar-refractivity contribution in [3.05, 3.63) is 46.5 Å². The molecule has 0 saturated heterocycles. The summed E-state index contributed by atoms with van der Waals surface area (Å²) in [5.74, 6) is -0.470. The van der Waals surface area contributed by atoms with Gasteiger partial charge in [-0.15, -0.1) is 0 Å². The van der Waals surface area contributed by atoms with E-state index in [1.807, 2.05) is 34.9 Å². The van der Waals surface area contributed by atoms with E-state index >= 15 is 0 Å². The maximum absolute atomic E-state index is 10.9. The van der Waals surface area contributed by atoms with Gasteiger partial charge in [0.2, 0.25) is 0 Å². The molecule has 0 aromatic carbocycles. The van der Waals surface area contributed by atoms with Gasteiger partial charge in [0.25, 0.3) is 10.1 Å². The number of fused-ring (bicyclic) bond motifs is 1. The summed E-state index contributed by atoms with van der Waals surface area (Å²) in [6, 6.07) is 5.85. The number of hydrogen-bond acceptors (Lipinski definition) is 4. The smallest absolute Gasteiger partial charge is 0.270 e. The van der Waals surface area contributed by atoms with Crippen molar-refractivity contribution in [2.75, 3.05) is 0 Å². The Bertz CT molecular complexity index is 865. The highest BCUT2D eigenvalue weighted by Crippen LogP contribution is 2.26. The number of hydrogen-bond donors (Lipinski definition) is 1.